The SMILES string of the molecule is COc1ccc(OC[C@@H](O)CN2CCC[C@@H](C(=O)O)C2)c(C(C)(C)C)c1. The van der Waals surface area contributed by atoms with Crippen molar-refractivity contribution in [3.8, 4) is 11.5 Å². The number of aliphatic carboxylic acids is 1. The third-order valence-electron chi connectivity index (χ3n) is 4.75. The fourth-order valence-corrected chi connectivity index (χ4v) is 3.31. The average molecular weight is 365 g/mol. The maximum Gasteiger partial charge on any atom is 0.307 e. The second kappa shape index (κ2) is 8.73. The van der Waals surface area contributed by atoms with E-state index in [0.29, 0.717) is 19.5 Å². The van der Waals surface area contributed by atoms with Crippen molar-refractivity contribution in [1.29, 1.82) is 0 Å². The highest BCUT2D eigenvalue weighted by Crippen LogP contribution is 2.34. The Morgan fingerprint density at radius 1 is 1.38 bits per heavy atom. The molecule has 1 fully saturated rings. The van der Waals surface area contributed by atoms with Crippen LogP contribution in [0.5, 0.6) is 11.5 Å². The minimum atomic E-state index is -0.756. The summed E-state index contributed by atoms with van der Waals surface area (Å²) in [6.07, 6.45) is 0.883. The molecule has 2 N–H and O–H groups in total. The largest absolute Gasteiger partial charge is 0.497 e. The van der Waals surface area contributed by atoms with Crippen molar-refractivity contribution in [3.63, 3.8) is 0 Å². The summed E-state index contributed by atoms with van der Waals surface area (Å²) >= 11 is 0. The van der Waals surface area contributed by atoms with Crippen LogP contribution < -0.4 is 9.47 Å². The van der Waals surface area contributed by atoms with E-state index in [1.165, 1.54) is 0 Å². The number of ether oxygens (including phenoxy) is 2. The van der Waals surface area contributed by atoms with Crippen LogP contribution in [-0.4, -0.2) is 60.5 Å². The lowest BCUT2D eigenvalue weighted by Gasteiger charge is -2.32. The lowest BCUT2D eigenvalue weighted by molar-refractivity contribution is -0.143. The summed E-state index contributed by atoms with van der Waals surface area (Å²) in [4.78, 5) is 13.2. The summed E-state index contributed by atoms with van der Waals surface area (Å²) in [5, 5.41) is 19.5. The standard InChI is InChI=1S/C20H31NO5/c1-20(2,3)17-10-16(25-4)7-8-18(17)26-13-15(22)12-21-9-5-6-14(11-21)19(23)24/h7-8,10,14-15,22H,5-6,9,11-13H2,1-4H3,(H,23,24)/t14-,15+/m1/s1. The van der Waals surface area contributed by atoms with E-state index in [-0.39, 0.29) is 17.9 Å². The van der Waals surface area contributed by atoms with Crippen molar-refractivity contribution in [2.24, 2.45) is 5.92 Å². The topological polar surface area (TPSA) is 79.2 Å². The summed E-state index contributed by atoms with van der Waals surface area (Å²) < 4.78 is 11.2. The van der Waals surface area contributed by atoms with Crippen molar-refractivity contribution in [2.75, 3.05) is 33.4 Å². The molecule has 0 saturated carbocycles. The Morgan fingerprint density at radius 2 is 2.12 bits per heavy atom. The molecule has 0 aliphatic carbocycles. The first-order valence-corrected chi connectivity index (χ1v) is 9.15. The van der Waals surface area contributed by atoms with Crippen molar-refractivity contribution in [1.82, 2.24) is 4.90 Å². The molecule has 1 aromatic rings. The number of carboxylic acids is 1. The van der Waals surface area contributed by atoms with Crippen LogP contribution in [0.15, 0.2) is 18.2 Å². The molecule has 26 heavy (non-hydrogen) atoms. The van der Waals surface area contributed by atoms with Gasteiger partial charge in [-0.2, -0.15) is 0 Å². The number of β-amino-alcohol motifs (C(OH)–C–C–N with tert-alkyl or cyclic N) is 1. The second-order valence-electron chi connectivity index (χ2n) is 8.01. The van der Waals surface area contributed by atoms with E-state index < -0.39 is 12.1 Å². The van der Waals surface area contributed by atoms with Crippen LogP contribution in [0.25, 0.3) is 0 Å². The molecule has 1 aromatic carbocycles. The smallest absolute Gasteiger partial charge is 0.307 e. The molecule has 1 heterocycles. The van der Waals surface area contributed by atoms with Crippen molar-refractivity contribution in [3.05, 3.63) is 23.8 Å². The van der Waals surface area contributed by atoms with Crippen molar-refractivity contribution >= 4 is 5.97 Å². The number of likely N-dealkylation sites (tertiary alicyclic amines) is 1. The van der Waals surface area contributed by atoms with Gasteiger partial charge in [0.2, 0.25) is 0 Å². The highest BCUT2D eigenvalue weighted by atomic mass is 16.5. The Morgan fingerprint density at radius 3 is 2.73 bits per heavy atom. The van der Waals surface area contributed by atoms with Gasteiger partial charge in [0.05, 0.1) is 13.0 Å². The lowest BCUT2D eigenvalue weighted by atomic mass is 9.86. The number of carbonyl (C=O) groups is 1. The second-order valence-corrected chi connectivity index (χ2v) is 8.01. The van der Waals surface area contributed by atoms with E-state index >= 15 is 0 Å². The fraction of sp³-hybridized carbons (Fsp3) is 0.650. The number of aliphatic hydroxyl groups excluding tert-OH is 1. The summed E-state index contributed by atoms with van der Waals surface area (Å²) in [6, 6.07) is 5.68. The van der Waals surface area contributed by atoms with Crippen molar-refractivity contribution in [2.45, 2.75) is 45.1 Å². The predicted molar refractivity (Wildman–Crippen MR) is 100.0 cm³/mol. The van der Waals surface area contributed by atoms with Crippen LogP contribution in [0.4, 0.5) is 0 Å². The number of piperidine rings is 1. The van der Waals surface area contributed by atoms with Crippen LogP contribution in [0.3, 0.4) is 0 Å². The molecular formula is C20H31NO5. The van der Waals surface area contributed by atoms with Gasteiger partial charge in [-0.05, 0) is 43.0 Å². The number of hydrogen-bond donors (Lipinski definition) is 2. The highest BCUT2D eigenvalue weighted by Gasteiger charge is 2.27. The Bertz CT molecular complexity index is 611. The summed E-state index contributed by atoms with van der Waals surface area (Å²) in [7, 11) is 1.63. The summed E-state index contributed by atoms with van der Waals surface area (Å²) in [5.41, 5.74) is 0.907. The molecule has 0 spiro atoms. The van der Waals surface area contributed by atoms with Gasteiger partial charge in [-0.15, -0.1) is 0 Å². The van der Waals surface area contributed by atoms with Crippen LogP contribution in [0.2, 0.25) is 0 Å². The molecule has 1 saturated heterocycles. The molecule has 0 radical (unpaired) electrons. The minimum absolute atomic E-state index is 0.115. The first kappa shape index (κ1) is 20.5. The van der Waals surface area contributed by atoms with Crippen LogP contribution in [0, 0.1) is 5.92 Å². The molecule has 0 bridgehead atoms. The summed E-state index contributed by atoms with van der Waals surface area (Å²) in [6.45, 7) is 8.20. The monoisotopic (exact) mass is 365 g/mol. The predicted octanol–water partition coefficient (Wildman–Crippen LogP) is 2.53. The number of benzene rings is 1. The van der Waals surface area contributed by atoms with Crippen LogP contribution >= 0.6 is 0 Å². The van der Waals surface area contributed by atoms with Gasteiger partial charge in [0.15, 0.2) is 0 Å². The van der Waals surface area contributed by atoms with E-state index in [1.54, 1.807) is 7.11 Å². The Labute approximate surface area is 155 Å². The molecule has 0 unspecified atom stereocenters. The Balaban J connectivity index is 1.95. The van der Waals surface area contributed by atoms with Crippen LogP contribution in [-0.2, 0) is 10.2 Å². The lowest BCUT2D eigenvalue weighted by Crippen LogP contribution is -2.43. The van der Waals surface area contributed by atoms with Gasteiger partial charge in [0.1, 0.15) is 24.2 Å². The fourth-order valence-electron chi connectivity index (χ4n) is 3.31. The zero-order chi connectivity index (χ0) is 19.3. The van der Waals surface area contributed by atoms with Gasteiger partial charge in [0, 0.05) is 18.7 Å². The van der Waals surface area contributed by atoms with E-state index in [4.69, 9.17) is 14.6 Å². The first-order chi connectivity index (χ1) is 12.2. The quantitative estimate of drug-likeness (QED) is 0.773. The third-order valence-corrected chi connectivity index (χ3v) is 4.75. The summed E-state index contributed by atoms with van der Waals surface area (Å²) in [5.74, 6) is 0.412. The number of aliphatic hydroxyl groups is 1. The third kappa shape index (κ3) is 5.61. The normalized spacial score (nSPS) is 19.8. The van der Waals surface area contributed by atoms with Gasteiger partial charge in [-0.25, -0.2) is 0 Å². The van der Waals surface area contributed by atoms with Crippen LogP contribution in [0.1, 0.15) is 39.2 Å². The van der Waals surface area contributed by atoms with Gasteiger partial charge >= 0.3 is 5.97 Å². The zero-order valence-electron chi connectivity index (χ0n) is 16.2. The van der Waals surface area contributed by atoms with E-state index in [0.717, 1.165) is 30.0 Å². The van der Waals surface area contributed by atoms with Gasteiger partial charge in [-0.1, -0.05) is 20.8 Å². The molecule has 6 nitrogen and oxygen atoms in total. The average Bonchev–Trinajstić information content (AvgIpc) is 2.59. The van der Waals surface area contributed by atoms with Crippen molar-refractivity contribution < 1.29 is 24.5 Å². The molecule has 0 amide bonds. The number of carboxylic acid groups (broad SMARTS) is 1. The van der Waals surface area contributed by atoms with Gasteiger partial charge < -0.3 is 19.7 Å². The molecule has 1 aliphatic heterocycles. The maximum absolute atomic E-state index is 11.2. The Hall–Kier alpha value is -1.79. The minimum Gasteiger partial charge on any atom is -0.497 e. The number of hydrogen-bond acceptors (Lipinski definition) is 5. The molecule has 2 atom stereocenters. The number of rotatable bonds is 7. The highest BCUT2D eigenvalue weighted by molar-refractivity contribution is 5.70. The molecule has 2 rings (SSSR count). The maximum atomic E-state index is 11.2. The van der Waals surface area contributed by atoms with Gasteiger partial charge in [-0.3, -0.25) is 9.69 Å². The molecule has 6 heteroatoms. The van der Waals surface area contributed by atoms with E-state index in [1.807, 2.05) is 23.1 Å². The molecule has 0 aromatic heterocycles. The number of nitrogens with zero attached hydrogens (tertiary/aromatic N) is 1. The van der Waals surface area contributed by atoms with E-state index in [9.17, 15) is 9.90 Å². The zero-order valence-corrected chi connectivity index (χ0v) is 16.2. The number of methoxy groups -OCH3 is 1. The Kier molecular flexibility index (Phi) is 6.89. The molecule has 146 valence electrons. The molecule has 1 aliphatic rings. The van der Waals surface area contributed by atoms with Gasteiger partial charge in [0.25, 0.3) is 0 Å². The van der Waals surface area contributed by atoms with E-state index in [2.05, 4.69) is 20.8 Å². The first-order valence-electron chi connectivity index (χ1n) is 9.15. The molecular weight excluding hydrogens is 334 g/mol.